The molecule has 25 heavy (non-hydrogen) atoms. The molecule has 1 amide bonds. The number of furan rings is 1. The van der Waals surface area contributed by atoms with E-state index in [0.29, 0.717) is 22.9 Å². The van der Waals surface area contributed by atoms with Crippen LogP contribution in [-0.2, 0) is 6.54 Å². The lowest BCUT2D eigenvalue weighted by Gasteiger charge is -2.15. The van der Waals surface area contributed by atoms with Crippen LogP contribution in [0.15, 0.2) is 65.1 Å². The van der Waals surface area contributed by atoms with E-state index >= 15 is 0 Å². The molecule has 0 aliphatic rings. The molecule has 0 N–H and O–H groups in total. The van der Waals surface area contributed by atoms with Gasteiger partial charge in [-0.25, -0.2) is 0 Å². The Bertz CT molecular complexity index is 939. The molecule has 124 valence electrons. The lowest BCUT2D eigenvalue weighted by atomic mass is 10.1. The molecule has 0 aliphatic heterocycles. The zero-order chi connectivity index (χ0) is 17.8. The SMILES string of the molecule is CN(Cc1ccc(C#N)cc1)C(=O)c1ccc(-c2ccccc2Cl)o1. The largest absolute Gasteiger partial charge is 0.451 e. The van der Waals surface area contributed by atoms with Crippen molar-refractivity contribution in [3.8, 4) is 17.4 Å². The maximum absolute atomic E-state index is 12.5. The molecular weight excluding hydrogens is 336 g/mol. The van der Waals surface area contributed by atoms with E-state index in [1.807, 2.05) is 30.3 Å². The van der Waals surface area contributed by atoms with Gasteiger partial charge in [-0.2, -0.15) is 5.26 Å². The van der Waals surface area contributed by atoms with Gasteiger partial charge in [0.2, 0.25) is 0 Å². The Morgan fingerprint density at radius 3 is 2.52 bits per heavy atom. The average molecular weight is 351 g/mol. The Morgan fingerprint density at radius 1 is 1.12 bits per heavy atom. The molecule has 3 aromatic rings. The van der Waals surface area contributed by atoms with Crippen LogP contribution >= 0.6 is 11.6 Å². The molecule has 1 aromatic heterocycles. The maximum Gasteiger partial charge on any atom is 0.289 e. The minimum absolute atomic E-state index is 0.220. The standard InChI is InChI=1S/C20H15ClN2O2/c1-23(13-15-8-6-14(12-22)7-9-15)20(24)19-11-10-18(25-19)16-4-2-3-5-17(16)21/h2-11H,13H2,1H3. The zero-order valence-corrected chi connectivity index (χ0v) is 14.3. The first-order chi connectivity index (χ1) is 12.1. The smallest absolute Gasteiger partial charge is 0.289 e. The zero-order valence-electron chi connectivity index (χ0n) is 13.6. The van der Waals surface area contributed by atoms with Crippen molar-refractivity contribution in [2.24, 2.45) is 0 Å². The fourth-order valence-electron chi connectivity index (χ4n) is 2.48. The lowest BCUT2D eigenvalue weighted by molar-refractivity contribution is 0.0754. The number of amides is 1. The molecule has 2 aromatic carbocycles. The third-order valence-corrected chi connectivity index (χ3v) is 4.14. The van der Waals surface area contributed by atoms with E-state index in [2.05, 4.69) is 6.07 Å². The summed E-state index contributed by atoms with van der Waals surface area (Å²) in [5, 5.41) is 9.40. The number of nitrogens with zero attached hydrogens (tertiary/aromatic N) is 2. The van der Waals surface area contributed by atoms with Crippen LogP contribution in [0.25, 0.3) is 11.3 Å². The van der Waals surface area contributed by atoms with Crippen LogP contribution in [0.1, 0.15) is 21.7 Å². The second-order valence-corrected chi connectivity index (χ2v) is 6.02. The van der Waals surface area contributed by atoms with Crippen LogP contribution in [0.5, 0.6) is 0 Å². The number of hydrogen-bond donors (Lipinski definition) is 0. The molecular formula is C20H15ClN2O2. The number of hydrogen-bond acceptors (Lipinski definition) is 3. The molecule has 0 saturated heterocycles. The Balaban J connectivity index is 1.74. The van der Waals surface area contributed by atoms with Crippen molar-refractivity contribution in [1.29, 1.82) is 5.26 Å². The van der Waals surface area contributed by atoms with Crippen molar-refractivity contribution in [2.45, 2.75) is 6.54 Å². The molecule has 0 spiro atoms. The van der Waals surface area contributed by atoms with Crippen molar-refractivity contribution >= 4 is 17.5 Å². The minimum Gasteiger partial charge on any atom is -0.451 e. The van der Waals surface area contributed by atoms with Crippen LogP contribution < -0.4 is 0 Å². The highest BCUT2D eigenvalue weighted by Crippen LogP contribution is 2.29. The number of benzene rings is 2. The van der Waals surface area contributed by atoms with Gasteiger partial charge in [-0.05, 0) is 42.0 Å². The van der Waals surface area contributed by atoms with Crippen molar-refractivity contribution in [3.63, 3.8) is 0 Å². The van der Waals surface area contributed by atoms with Crippen molar-refractivity contribution in [3.05, 3.63) is 82.6 Å². The molecule has 3 rings (SSSR count). The minimum atomic E-state index is -0.220. The molecule has 5 heteroatoms. The summed E-state index contributed by atoms with van der Waals surface area (Å²) in [4.78, 5) is 14.1. The van der Waals surface area contributed by atoms with Crippen LogP contribution in [0.3, 0.4) is 0 Å². The second-order valence-electron chi connectivity index (χ2n) is 5.61. The monoisotopic (exact) mass is 350 g/mol. The number of carbonyl (C=O) groups excluding carboxylic acids is 1. The molecule has 0 bridgehead atoms. The highest BCUT2D eigenvalue weighted by molar-refractivity contribution is 6.33. The van der Waals surface area contributed by atoms with E-state index in [-0.39, 0.29) is 11.7 Å². The van der Waals surface area contributed by atoms with E-state index < -0.39 is 0 Å². The van der Waals surface area contributed by atoms with Gasteiger partial charge in [0, 0.05) is 19.2 Å². The molecule has 0 atom stereocenters. The molecule has 0 aliphatic carbocycles. The normalized spacial score (nSPS) is 10.3. The summed E-state index contributed by atoms with van der Waals surface area (Å²) in [6.07, 6.45) is 0. The van der Waals surface area contributed by atoms with E-state index in [4.69, 9.17) is 21.3 Å². The third kappa shape index (κ3) is 3.73. The van der Waals surface area contributed by atoms with Crippen molar-refractivity contribution < 1.29 is 9.21 Å². The predicted octanol–water partition coefficient (Wildman–Crippen LogP) is 4.74. The van der Waals surface area contributed by atoms with E-state index in [9.17, 15) is 4.79 Å². The summed E-state index contributed by atoms with van der Waals surface area (Å²) in [5.74, 6) is 0.592. The Labute approximate surface area is 150 Å². The number of carbonyl (C=O) groups is 1. The van der Waals surface area contributed by atoms with Gasteiger partial charge in [0.1, 0.15) is 5.76 Å². The van der Waals surface area contributed by atoms with Gasteiger partial charge in [-0.3, -0.25) is 4.79 Å². The first-order valence-corrected chi connectivity index (χ1v) is 8.05. The van der Waals surface area contributed by atoms with Crippen LogP contribution in [0.2, 0.25) is 5.02 Å². The molecule has 0 saturated carbocycles. The summed E-state index contributed by atoms with van der Waals surface area (Å²) in [6, 6.07) is 19.9. The lowest BCUT2D eigenvalue weighted by Crippen LogP contribution is -2.25. The molecule has 1 heterocycles. The van der Waals surface area contributed by atoms with E-state index in [1.165, 1.54) is 0 Å². The summed E-state index contributed by atoms with van der Waals surface area (Å²) < 4.78 is 5.69. The molecule has 4 nitrogen and oxygen atoms in total. The molecule has 0 fully saturated rings. The van der Waals surface area contributed by atoms with E-state index in [0.717, 1.165) is 11.1 Å². The maximum atomic E-state index is 12.5. The van der Waals surface area contributed by atoms with Crippen molar-refractivity contribution in [2.75, 3.05) is 7.05 Å². The fourth-order valence-corrected chi connectivity index (χ4v) is 2.71. The van der Waals surface area contributed by atoms with Gasteiger partial charge in [0.15, 0.2) is 5.76 Å². The van der Waals surface area contributed by atoms with Gasteiger partial charge >= 0.3 is 0 Å². The summed E-state index contributed by atoms with van der Waals surface area (Å²) in [7, 11) is 1.71. The summed E-state index contributed by atoms with van der Waals surface area (Å²) in [6.45, 7) is 0.423. The summed E-state index contributed by atoms with van der Waals surface area (Å²) >= 11 is 6.16. The highest BCUT2D eigenvalue weighted by atomic mass is 35.5. The van der Waals surface area contributed by atoms with Gasteiger partial charge in [0.05, 0.1) is 16.7 Å². The quantitative estimate of drug-likeness (QED) is 0.682. The number of rotatable bonds is 4. The fraction of sp³-hybridized carbons (Fsp3) is 0.100. The second kappa shape index (κ2) is 7.25. The van der Waals surface area contributed by atoms with E-state index in [1.54, 1.807) is 42.3 Å². The summed E-state index contributed by atoms with van der Waals surface area (Å²) in [5.41, 5.74) is 2.28. The Hall–Kier alpha value is -3.03. The number of halogens is 1. The first kappa shape index (κ1) is 16.8. The number of nitriles is 1. The Kier molecular flexibility index (Phi) is 4.87. The Morgan fingerprint density at radius 2 is 1.84 bits per heavy atom. The van der Waals surface area contributed by atoms with Crippen LogP contribution in [0, 0.1) is 11.3 Å². The predicted molar refractivity (Wildman–Crippen MR) is 96.1 cm³/mol. The van der Waals surface area contributed by atoms with Crippen molar-refractivity contribution in [1.82, 2.24) is 4.90 Å². The van der Waals surface area contributed by atoms with Gasteiger partial charge in [0.25, 0.3) is 5.91 Å². The van der Waals surface area contributed by atoms with Gasteiger partial charge in [-0.1, -0.05) is 35.9 Å². The van der Waals surface area contributed by atoms with Gasteiger partial charge < -0.3 is 9.32 Å². The highest BCUT2D eigenvalue weighted by Gasteiger charge is 2.17. The molecule has 0 unspecified atom stereocenters. The van der Waals surface area contributed by atoms with Crippen LogP contribution in [0.4, 0.5) is 0 Å². The topological polar surface area (TPSA) is 57.2 Å². The van der Waals surface area contributed by atoms with Gasteiger partial charge in [-0.15, -0.1) is 0 Å². The third-order valence-electron chi connectivity index (χ3n) is 3.81. The van der Waals surface area contributed by atoms with Crippen LogP contribution in [-0.4, -0.2) is 17.9 Å². The molecule has 0 radical (unpaired) electrons. The average Bonchev–Trinajstić information content (AvgIpc) is 3.12. The first-order valence-electron chi connectivity index (χ1n) is 7.67.